The summed E-state index contributed by atoms with van der Waals surface area (Å²) in [5.41, 5.74) is -0.283. The molecule has 0 saturated carbocycles. The molecule has 5 heteroatoms. The second-order valence-corrected chi connectivity index (χ2v) is 5.52. The largest absolute Gasteiger partial charge is 0.433 e. The molecule has 1 aliphatic heterocycles. The predicted molar refractivity (Wildman–Crippen MR) is 75.2 cm³/mol. The summed E-state index contributed by atoms with van der Waals surface area (Å²) in [6, 6.07) is 0. The number of aliphatic hydroxyl groups is 1. The van der Waals surface area contributed by atoms with Gasteiger partial charge in [0, 0.05) is 0 Å². The van der Waals surface area contributed by atoms with Crippen molar-refractivity contribution in [2.75, 3.05) is 7.05 Å². The number of hydrogen-bond donors (Lipinski definition) is 3. The minimum Gasteiger partial charge on any atom is -0.433 e. The van der Waals surface area contributed by atoms with E-state index >= 15 is 0 Å². The molecule has 0 spiro atoms. The first-order valence-corrected chi connectivity index (χ1v) is 6.30. The smallest absolute Gasteiger partial charge is 0.297 e. The van der Waals surface area contributed by atoms with Gasteiger partial charge in [-0.3, -0.25) is 5.32 Å². The number of rotatable bonds is 6. The van der Waals surface area contributed by atoms with Crippen LogP contribution in [0.3, 0.4) is 0 Å². The lowest BCUT2D eigenvalue weighted by molar-refractivity contribution is -0.0901. The number of hydrogen-bond acceptors (Lipinski definition) is 4. The van der Waals surface area contributed by atoms with Gasteiger partial charge in [-0.2, -0.15) is 0 Å². The molecule has 0 saturated heterocycles. The van der Waals surface area contributed by atoms with Crippen LogP contribution < -0.4 is 10.6 Å². The minimum atomic E-state index is -0.876. The van der Waals surface area contributed by atoms with Gasteiger partial charge in [0.05, 0.1) is 11.2 Å². The first-order chi connectivity index (χ1) is 8.28. The molecule has 1 radical (unpaired) electrons. The Hall–Kier alpha value is -0.775. The molecule has 18 heavy (non-hydrogen) atoms. The number of likely N-dealkylation sites (N-methyl/N-ethyl adjacent to an activating group) is 1. The van der Waals surface area contributed by atoms with E-state index in [1.165, 1.54) is 5.57 Å². The van der Waals surface area contributed by atoms with Crippen LogP contribution in [0.4, 0.5) is 0 Å². The van der Waals surface area contributed by atoms with E-state index in [0.29, 0.717) is 6.32 Å². The first kappa shape index (κ1) is 15.3. The van der Waals surface area contributed by atoms with Gasteiger partial charge in [0.25, 0.3) is 7.48 Å². The van der Waals surface area contributed by atoms with Crippen molar-refractivity contribution in [3.05, 3.63) is 23.9 Å². The highest BCUT2D eigenvalue weighted by molar-refractivity contribution is 6.28. The highest BCUT2D eigenvalue weighted by Gasteiger charge is 2.35. The van der Waals surface area contributed by atoms with Crippen molar-refractivity contribution in [3.63, 3.8) is 0 Å². The summed E-state index contributed by atoms with van der Waals surface area (Å²) in [7, 11) is 3.65. The van der Waals surface area contributed by atoms with Crippen molar-refractivity contribution >= 4 is 7.48 Å². The molecule has 1 unspecified atom stereocenters. The average Bonchev–Trinajstić information content (AvgIpc) is 2.70. The Morgan fingerprint density at radius 2 is 2.17 bits per heavy atom. The van der Waals surface area contributed by atoms with Crippen LogP contribution in [0.1, 0.15) is 27.7 Å². The van der Waals surface area contributed by atoms with E-state index in [2.05, 4.69) is 16.7 Å². The van der Waals surface area contributed by atoms with Crippen LogP contribution in [0.2, 0.25) is 6.32 Å². The summed E-state index contributed by atoms with van der Waals surface area (Å²) >= 11 is 0. The quantitative estimate of drug-likeness (QED) is 0.490. The molecule has 0 aromatic rings. The van der Waals surface area contributed by atoms with Gasteiger partial charge in [0.15, 0.2) is 0 Å². The third kappa shape index (κ3) is 3.87. The second-order valence-electron chi connectivity index (χ2n) is 5.52. The second kappa shape index (κ2) is 5.91. The molecule has 4 nitrogen and oxygen atoms in total. The maximum atomic E-state index is 9.94. The Balaban J connectivity index is 2.39. The molecule has 1 heterocycles. The summed E-state index contributed by atoms with van der Waals surface area (Å²) in [6.45, 7) is 7.26. The molecule has 3 N–H and O–H groups in total. The molecular formula is C13H24BN2O2. The highest BCUT2D eigenvalue weighted by atomic mass is 16.5. The van der Waals surface area contributed by atoms with Crippen molar-refractivity contribution in [2.45, 2.75) is 51.4 Å². The van der Waals surface area contributed by atoms with Crippen molar-refractivity contribution < 1.29 is 9.76 Å². The standard InChI is InChI=1S/C13H24BN2O2/c1-12(2,17)13(3,4)18-14-8-6-10-7-9-16-11(10)15-5/h6-7,9,11,15-17H,8H2,1-5H3/b10-6-. The van der Waals surface area contributed by atoms with Gasteiger partial charge in [-0.1, -0.05) is 6.08 Å². The zero-order chi connectivity index (χ0) is 13.8. The Kier molecular flexibility index (Phi) is 5.02. The van der Waals surface area contributed by atoms with Gasteiger partial charge in [-0.15, -0.1) is 0 Å². The fourth-order valence-corrected chi connectivity index (χ4v) is 1.45. The Labute approximate surface area is 111 Å². The summed E-state index contributed by atoms with van der Waals surface area (Å²) in [5, 5.41) is 16.3. The third-order valence-corrected chi connectivity index (χ3v) is 3.46. The van der Waals surface area contributed by atoms with E-state index in [0.717, 1.165) is 0 Å². The lowest BCUT2D eigenvalue weighted by Gasteiger charge is -2.37. The number of nitrogens with one attached hydrogen (secondary N) is 2. The third-order valence-electron chi connectivity index (χ3n) is 3.46. The SMILES string of the molecule is CNC1NC=C/C1=C/C[B]OC(C)(C)C(C)(C)O. The zero-order valence-electron chi connectivity index (χ0n) is 11.9. The maximum absolute atomic E-state index is 9.94. The van der Waals surface area contributed by atoms with Crippen molar-refractivity contribution in [1.29, 1.82) is 0 Å². The van der Waals surface area contributed by atoms with Crippen LogP contribution in [0.15, 0.2) is 23.9 Å². The topological polar surface area (TPSA) is 53.5 Å². The zero-order valence-corrected chi connectivity index (χ0v) is 11.9. The molecule has 1 atom stereocenters. The molecule has 0 bridgehead atoms. The lowest BCUT2D eigenvalue weighted by atomic mass is 9.85. The normalized spacial score (nSPS) is 22.3. The van der Waals surface area contributed by atoms with Gasteiger partial charge < -0.3 is 15.1 Å². The molecular weight excluding hydrogens is 227 g/mol. The minimum absolute atomic E-state index is 0.181. The van der Waals surface area contributed by atoms with E-state index in [1.54, 1.807) is 21.3 Å². The Morgan fingerprint density at radius 3 is 2.72 bits per heavy atom. The molecule has 0 amide bonds. The Morgan fingerprint density at radius 1 is 1.50 bits per heavy atom. The average molecular weight is 251 g/mol. The van der Waals surface area contributed by atoms with Crippen molar-refractivity contribution in [3.8, 4) is 0 Å². The van der Waals surface area contributed by atoms with Gasteiger partial charge >= 0.3 is 0 Å². The van der Waals surface area contributed by atoms with Gasteiger partial charge in [0.2, 0.25) is 0 Å². The fraction of sp³-hybridized carbons (Fsp3) is 0.692. The van der Waals surface area contributed by atoms with E-state index < -0.39 is 11.2 Å². The van der Waals surface area contributed by atoms with Crippen LogP contribution >= 0.6 is 0 Å². The highest BCUT2D eigenvalue weighted by Crippen LogP contribution is 2.24. The lowest BCUT2D eigenvalue weighted by Crippen LogP contribution is -2.47. The van der Waals surface area contributed by atoms with Crippen LogP contribution in [-0.2, 0) is 4.65 Å². The van der Waals surface area contributed by atoms with E-state index in [9.17, 15) is 5.11 Å². The molecule has 0 aliphatic carbocycles. The van der Waals surface area contributed by atoms with E-state index in [4.69, 9.17) is 4.65 Å². The molecule has 0 aromatic heterocycles. The molecule has 0 fully saturated rings. The maximum Gasteiger partial charge on any atom is 0.297 e. The van der Waals surface area contributed by atoms with E-state index in [1.807, 2.05) is 33.2 Å². The van der Waals surface area contributed by atoms with Crippen molar-refractivity contribution in [1.82, 2.24) is 10.6 Å². The van der Waals surface area contributed by atoms with Crippen LogP contribution in [0, 0.1) is 0 Å². The monoisotopic (exact) mass is 251 g/mol. The van der Waals surface area contributed by atoms with Crippen LogP contribution in [0.25, 0.3) is 0 Å². The van der Waals surface area contributed by atoms with Crippen molar-refractivity contribution in [2.24, 2.45) is 0 Å². The molecule has 101 valence electrons. The van der Waals surface area contributed by atoms with E-state index in [-0.39, 0.29) is 6.17 Å². The van der Waals surface area contributed by atoms with Gasteiger partial charge in [-0.25, -0.2) is 0 Å². The summed E-state index contributed by atoms with van der Waals surface area (Å²) < 4.78 is 5.64. The van der Waals surface area contributed by atoms with Gasteiger partial charge in [-0.05, 0) is 58.9 Å². The Bertz CT molecular complexity index is 332. The first-order valence-electron chi connectivity index (χ1n) is 6.30. The van der Waals surface area contributed by atoms with Gasteiger partial charge in [0.1, 0.15) is 6.17 Å². The van der Waals surface area contributed by atoms with Crippen LogP contribution in [-0.4, -0.2) is 37.0 Å². The molecule has 1 aliphatic rings. The fourth-order valence-electron chi connectivity index (χ4n) is 1.45. The summed E-state index contributed by atoms with van der Waals surface area (Å²) in [6.07, 6.45) is 6.95. The summed E-state index contributed by atoms with van der Waals surface area (Å²) in [5.74, 6) is 0. The summed E-state index contributed by atoms with van der Waals surface area (Å²) in [4.78, 5) is 0. The van der Waals surface area contributed by atoms with Crippen LogP contribution in [0.5, 0.6) is 0 Å². The molecule has 1 rings (SSSR count). The number of allylic oxidation sites excluding steroid dienone is 1. The molecule has 0 aromatic carbocycles. The predicted octanol–water partition coefficient (Wildman–Crippen LogP) is 1.18.